The molecule has 112 valence electrons. The van der Waals surface area contributed by atoms with Crippen molar-refractivity contribution >= 4 is 39.4 Å². The van der Waals surface area contributed by atoms with E-state index >= 15 is 0 Å². The number of aliphatic imine (C=N–C) groups is 1. The number of nitrogens with zero attached hydrogens (tertiary/aromatic N) is 3. The molecule has 0 saturated carbocycles. The fraction of sp³-hybridized carbons (Fsp3) is 0.133. The quantitative estimate of drug-likeness (QED) is 0.815. The van der Waals surface area contributed by atoms with Gasteiger partial charge in [0.25, 0.3) is 5.91 Å². The predicted molar refractivity (Wildman–Crippen MR) is 88.6 cm³/mol. The Morgan fingerprint density at radius 3 is 2.59 bits per heavy atom. The minimum Gasteiger partial charge on any atom is -0.369 e. The van der Waals surface area contributed by atoms with Crippen LogP contribution in [0.15, 0.2) is 52.1 Å². The summed E-state index contributed by atoms with van der Waals surface area (Å²) >= 11 is 9.43. The van der Waals surface area contributed by atoms with Crippen LogP contribution in [-0.4, -0.2) is 28.8 Å². The van der Waals surface area contributed by atoms with Crippen LogP contribution in [0.4, 0.5) is 0 Å². The maximum absolute atomic E-state index is 12.9. The Morgan fingerprint density at radius 2 is 2.00 bits per heavy atom. The first kappa shape index (κ1) is 15.0. The molecule has 0 fully saturated rings. The molecule has 0 spiro atoms. The fourth-order valence-electron chi connectivity index (χ4n) is 2.53. The van der Waals surface area contributed by atoms with E-state index in [-0.39, 0.29) is 11.9 Å². The lowest BCUT2D eigenvalue weighted by molar-refractivity contribution is -0.129. The first-order valence-electron chi connectivity index (χ1n) is 6.46. The number of halogens is 2. The van der Waals surface area contributed by atoms with E-state index in [2.05, 4.69) is 25.9 Å². The molecule has 2 aromatic rings. The molecule has 0 aliphatic carbocycles. The Balaban J connectivity index is 2.31. The van der Waals surface area contributed by atoms with E-state index in [1.54, 1.807) is 25.4 Å². The molecule has 1 amide bonds. The van der Waals surface area contributed by atoms with Crippen molar-refractivity contribution in [2.24, 2.45) is 10.7 Å². The number of guanidine groups is 1. The monoisotopic (exact) mass is 378 g/mol. The molecule has 7 heteroatoms. The maximum Gasteiger partial charge on any atom is 0.266 e. The van der Waals surface area contributed by atoms with Crippen molar-refractivity contribution in [2.75, 3.05) is 7.05 Å². The number of rotatable bonds is 2. The van der Waals surface area contributed by atoms with Gasteiger partial charge in [0.1, 0.15) is 5.15 Å². The Labute approximate surface area is 140 Å². The number of hydrogen-bond acceptors (Lipinski definition) is 4. The zero-order valence-electron chi connectivity index (χ0n) is 11.6. The van der Waals surface area contributed by atoms with Crippen LogP contribution in [0.25, 0.3) is 0 Å². The van der Waals surface area contributed by atoms with Crippen molar-refractivity contribution in [1.29, 1.82) is 0 Å². The van der Waals surface area contributed by atoms with Gasteiger partial charge in [0.15, 0.2) is 11.5 Å². The van der Waals surface area contributed by atoms with Gasteiger partial charge in [-0.05, 0) is 35.4 Å². The molecular weight excluding hydrogens is 368 g/mol. The van der Waals surface area contributed by atoms with Crippen LogP contribution in [0.3, 0.4) is 0 Å². The molecule has 0 bridgehead atoms. The zero-order valence-corrected chi connectivity index (χ0v) is 14.0. The second-order valence-electron chi connectivity index (χ2n) is 4.92. The van der Waals surface area contributed by atoms with Crippen molar-refractivity contribution < 1.29 is 4.79 Å². The second kappa shape index (κ2) is 5.37. The Morgan fingerprint density at radius 1 is 1.27 bits per heavy atom. The van der Waals surface area contributed by atoms with Gasteiger partial charge >= 0.3 is 0 Å². The number of aromatic nitrogens is 1. The van der Waals surface area contributed by atoms with E-state index in [0.717, 1.165) is 4.47 Å². The molecule has 5 nitrogen and oxygen atoms in total. The van der Waals surface area contributed by atoms with Gasteiger partial charge in [-0.15, -0.1) is 0 Å². The Hall–Kier alpha value is -1.92. The maximum atomic E-state index is 12.9. The second-order valence-corrected chi connectivity index (χ2v) is 6.23. The van der Waals surface area contributed by atoms with Gasteiger partial charge in [-0.25, -0.2) is 9.98 Å². The number of pyridine rings is 1. The molecule has 1 aromatic carbocycles. The number of benzene rings is 1. The summed E-state index contributed by atoms with van der Waals surface area (Å²) in [4.78, 5) is 22.7. The fourth-order valence-corrected chi connectivity index (χ4v) is 3.10. The van der Waals surface area contributed by atoms with Gasteiger partial charge in [0.05, 0.1) is 0 Å². The van der Waals surface area contributed by atoms with Gasteiger partial charge in [-0.1, -0.05) is 39.7 Å². The minimum absolute atomic E-state index is 0.165. The standard InChI is InChI=1S/C15H12BrClN4O/c1-21-13(22)15(20-14(21)18,9-3-2-4-11(16)7-9)10-5-6-19-12(17)8-10/h2-8H,1H3,(H2,18,20)/t15-/m1/s1. The number of hydrogen-bond donors (Lipinski definition) is 1. The van der Waals surface area contributed by atoms with Crippen molar-refractivity contribution in [2.45, 2.75) is 5.54 Å². The van der Waals surface area contributed by atoms with E-state index in [1.807, 2.05) is 24.3 Å². The molecule has 1 aliphatic heterocycles. The van der Waals surface area contributed by atoms with Crippen LogP contribution in [0.2, 0.25) is 5.15 Å². The topological polar surface area (TPSA) is 71.6 Å². The van der Waals surface area contributed by atoms with Crippen LogP contribution < -0.4 is 5.73 Å². The van der Waals surface area contributed by atoms with Crippen molar-refractivity contribution in [1.82, 2.24) is 9.88 Å². The van der Waals surface area contributed by atoms with Gasteiger partial charge < -0.3 is 5.73 Å². The van der Waals surface area contributed by atoms with E-state index in [4.69, 9.17) is 17.3 Å². The van der Waals surface area contributed by atoms with Crippen LogP contribution in [0.5, 0.6) is 0 Å². The average molecular weight is 380 g/mol. The lowest BCUT2D eigenvalue weighted by Gasteiger charge is -2.26. The van der Waals surface area contributed by atoms with Gasteiger partial charge in [0.2, 0.25) is 0 Å². The molecule has 1 atom stereocenters. The highest BCUT2D eigenvalue weighted by atomic mass is 79.9. The number of nitrogens with two attached hydrogens (primary N) is 1. The van der Waals surface area contributed by atoms with Crippen LogP contribution in [-0.2, 0) is 10.3 Å². The lowest BCUT2D eigenvalue weighted by atomic mass is 9.83. The first-order valence-corrected chi connectivity index (χ1v) is 7.64. The molecule has 3 rings (SSSR count). The molecule has 2 N–H and O–H groups in total. The number of carbonyl (C=O) groups is 1. The smallest absolute Gasteiger partial charge is 0.266 e. The Kier molecular flexibility index (Phi) is 3.66. The zero-order chi connectivity index (χ0) is 15.9. The summed E-state index contributed by atoms with van der Waals surface area (Å²) in [7, 11) is 1.60. The normalized spacial score (nSPS) is 21.1. The lowest BCUT2D eigenvalue weighted by Crippen LogP contribution is -2.41. The van der Waals surface area contributed by atoms with Crippen LogP contribution >= 0.6 is 27.5 Å². The van der Waals surface area contributed by atoms with Crippen molar-refractivity contribution in [3.8, 4) is 0 Å². The van der Waals surface area contributed by atoms with Gasteiger partial charge in [-0.3, -0.25) is 9.69 Å². The van der Waals surface area contributed by atoms with Crippen molar-refractivity contribution in [3.05, 3.63) is 63.3 Å². The number of amides is 1. The summed E-state index contributed by atoms with van der Waals surface area (Å²) in [6.07, 6.45) is 1.55. The van der Waals surface area contributed by atoms with E-state index in [1.165, 1.54) is 4.90 Å². The summed E-state index contributed by atoms with van der Waals surface area (Å²) < 4.78 is 0.848. The summed E-state index contributed by atoms with van der Waals surface area (Å²) in [6.45, 7) is 0. The van der Waals surface area contributed by atoms with Crippen LogP contribution in [0.1, 0.15) is 11.1 Å². The molecular formula is C15H12BrClN4O. The first-order chi connectivity index (χ1) is 10.4. The molecule has 22 heavy (non-hydrogen) atoms. The highest BCUT2D eigenvalue weighted by Gasteiger charge is 2.49. The summed E-state index contributed by atoms with van der Waals surface area (Å²) in [5, 5.41) is 0.294. The third-order valence-electron chi connectivity index (χ3n) is 3.63. The third-order valence-corrected chi connectivity index (χ3v) is 4.33. The SMILES string of the molecule is CN1C(=O)[C@@](c2cccc(Br)c2)(c2ccnc(Cl)c2)N=C1N. The highest BCUT2D eigenvalue weighted by Crippen LogP contribution is 2.40. The minimum atomic E-state index is -1.24. The number of likely N-dealkylation sites (N-methyl/N-ethyl adjacent to an activating group) is 1. The number of carbonyl (C=O) groups excluding carboxylic acids is 1. The van der Waals surface area contributed by atoms with E-state index < -0.39 is 5.54 Å². The molecule has 1 aromatic heterocycles. The van der Waals surface area contributed by atoms with Crippen LogP contribution in [0, 0.1) is 0 Å². The molecule has 0 radical (unpaired) electrons. The summed E-state index contributed by atoms with van der Waals surface area (Å²) in [5.41, 5.74) is 5.99. The van der Waals surface area contributed by atoms with Gasteiger partial charge in [0, 0.05) is 17.7 Å². The van der Waals surface area contributed by atoms with Gasteiger partial charge in [-0.2, -0.15) is 0 Å². The van der Waals surface area contributed by atoms with Crippen molar-refractivity contribution in [3.63, 3.8) is 0 Å². The molecule has 0 unspecified atom stereocenters. The molecule has 2 heterocycles. The van der Waals surface area contributed by atoms with E-state index in [9.17, 15) is 4.79 Å². The Bertz CT molecular complexity index is 747. The third kappa shape index (κ3) is 2.19. The highest BCUT2D eigenvalue weighted by molar-refractivity contribution is 9.10. The van der Waals surface area contributed by atoms with E-state index in [0.29, 0.717) is 16.3 Å². The average Bonchev–Trinajstić information content (AvgIpc) is 2.72. The molecule has 0 saturated heterocycles. The summed E-state index contributed by atoms with van der Waals surface area (Å²) in [5.74, 6) is -0.0664. The predicted octanol–water partition coefficient (Wildman–Crippen LogP) is 2.53. The summed E-state index contributed by atoms with van der Waals surface area (Å²) in [6, 6.07) is 10.8. The molecule has 1 aliphatic rings. The largest absolute Gasteiger partial charge is 0.369 e.